The van der Waals surface area contributed by atoms with Gasteiger partial charge >= 0.3 is 5.97 Å². The zero-order chi connectivity index (χ0) is 14.7. The van der Waals surface area contributed by atoms with E-state index in [0.29, 0.717) is 25.6 Å². The number of nitrogens with one attached hydrogen (secondary N) is 1. The summed E-state index contributed by atoms with van der Waals surface area (Å²) in [5.74, 6) is -3.31. The third-order valence-corrected chi connectivity index (χ3v) is 3.14. The van der Waals surface area contributed by atoms with Crippen molar-refractivity contribution < 1.29 is 23.5 Å². The van der Waals surface area contributed by atoms with Gasteiger partial charge in [0.05, 0.1) is 12.5 Å². The SMILES string of the molecule is O=C(CN1CCC(C(=O)O)C1)Nc1cc(F)cc(F)c1. The second kappa shape index (κ2) is 5.96. The Labute approximate surface area is 114 Å². The van der Waals surface area contributed by atoms with E-state index < -0.39 is 29.4 Å². The van der Waals surface area contributed by atoms with Crippen molar-refractivity contribution in [1.29, 1.82) is 0 Å². The third-order valence-electron chi connectivity index (χ3n) is 3.14. The van der Waals surface area contributed by atoms with Crippen molar-refractivity contribution in [2.24, 2.45) is 5.92 Å². The van der Waals surface area contributed by atoms with Gasteiger partial charge in [0.15, 0.2) is 0 Å². The van der Waals surface area contributed by atoms with Gasteiger partial charge in [0.1, 0.15) is 11.6 Å². The molecule has 1 aliphatic heterocycles. The summed E-state index contributed by atoms with van der Waals surface area (Å²) in [4.78, 5) is 24.2. The van der Waals surface area contributed by atoms with Crippen LogP contribution in [0.15, 0.2) is 18.2 Å². The predicted molar refractivity (Wildman–Crippen MR) is 67.2 cm³/mol. The summed E-state index contributed by atoms with van der Waals surface area (Å²) in [6, 6.07) is 2.75. The number of rotatable bonds is 4. The number of halogens is 2. The van der Waals surface area contributed by atoms with Crippen LogP contribution in [-0.2, 0) is 9.59 Å². The molecule has 1 unspecified atom stereocenters. The first-order valence-corrected chi connectivity index (χ1v) is 6.15. The van der Waals surface area contributed by atoms with Crippen molar-refractivity contribution in [1.82, 2.24) is 4.90 Å². The molecule has 2 N–H and O–H groups in total. The third kappa shape index (κ3) is 3.74. The molecule has 1 saturated heterocycles. The van der Waals surface area contributed by atoms with Gasteiger partial charge in [0, 0.05) is 18.3 Å². The molecule has 0 radical (unpaired) electrons. The van der Waals surface area contributed by atoms with E-state index in [-0.39, 0.29) is 12.2 Å². The van der Waals surface area contributed by atoms with Gasteiger partial charge in [-0.25, -0.2) is 8.78 Å². The lowest BCUT2D eigenvalue weighted by Gasteiger charge is -2.14. The van der Waals surface area contributed by atoms with E-state index in [1.165, 1.54) is 0 Å². The Morgan fingerprint density at radius 1 is 1.30 bits per heavy atom. The molecule has 1 amide bonds. The Bertz CT molecular complexity index is 516. The van der Waals surface area contributed by atoms with Crippen LogP contribution in [0.25, 0.3) is 0 Å². The number of hydrogen-bond acceptors (Lipinski definition) is 3. The highest BCUT2D eigenvalue weighted by Gasteiger charge is 2.28. The molecule has 1 aliphatic rings. The fourth-order valence-corrected chi connectivity index (χ4v) is 2.21. The van der Waals surface area contributed by atoms with Crippen molar-refractivity contribution >= 4 is 17.6 Å². The van der Waals surface area contributed by atoms with Crippen LogP contribution >= 0.6 is 0 Å². The van der Waals surface area contributed by atoms with Gasteiger partial charge in [0.2, 0.25) is 5.91 Å². The standard InChI is InChI=1S/C13H14F2N2O3/c14-9-3-10(15)5-11(4-9)16-12(18)7-17-2-1-8(6-17)13(19)20/h3-5,8H,1-2,6-7H2,(H,16,18)(H,19,20). The number of nitrogens with zero attached hydrogens (tertiary/aromatic N) is 1. The van der Waals surface area contributed by atoms with Gasteiger partial charge in [-0.15, -0.1) is 0 Å². The number of anilines is 1. The Kier molecular flexibility index (Phi) is 4.29. The van der Waals surface area contributed by atoms with Crippen LogP contribution < -0.4 is 5.32 Å². The fraction of sp³-hybridized carbons (Fsp3) is 0.385. The van der Waals surface area contributed by atoms with Crippen LogP contribution in [0.1, 0.15) is 6.42 Å². The van der Waals surface area contributed by atoms with Crippen LogP contribution in [-0.4, -0.2) is 41.5 Å². The van der Waals surface area contributed by atoms with E-state index in [0.717, 1.165) is 12.1 Å². The topological polar surface area (TPSA) is 69.6 Å². The summed E-state index contributed by atoms with van der Waals surface area (Å²) in [5.41, 5.74) is 0.0430. The summed E-state index contributed by atoms with van der Waals surface area (Å²) < 4.78 is 25.9. The number of hydrogen-bond donors (Lipinski definition) is 2. The van der Waals surface area contributed by atoms with Gasteiger partial charge in [0.25, 0.3) is 0 Å². The molecule has 20 heavy (non-hydrogen) atoms. The highest BCUT2D eigenvalue weighted by Crippen LogP contribution is 2.17. The maximum Gasteiger partial charge on any atom is 0.307 e. The number of amides is 1. The zero-order valence-corrected chi connectivity index (χ0v) is 10.6. The van der Waals surface area contributed by atoms with Gasteiger partial charge < -0.3 is 10.4 Å². The van der Waals surface area contributed by atoms with Crippen LogP contribution in [0.4, 0.5) is 14.5 Å². The molecule has 0 aliphatic carbocycles. The largest absolute Gasteiger partial charge is 0.481 e. The van der Waals surface area contributed by atoms with Crippen molar-refractivity contribution in [2.45, 2.75) is 6.42 Å². The molecule has 1 fully saturated rings. The molecular weight excluding hydrogens is 270 g/mol. The Balaban J connectivity index is 1.88. The number of carbonyl (C=O) groups is 2. The number of carboxylic acids is 1. The van der Waals surface area contributed by atoms with Crippen LogP contribution in [0.5, 0.6) is 0 Å². The van der Waals surface area contributed by atoms with Crippen molar-refractivity contribution in [2.75, 3.05) is 25.0 Å². The molecule has 1 heterocycles. The Hall–Kier alpha value is -2.02. The molecule has 7 heteroatoms. The van der Waals surface area contributed by atoms with Gasteiger partial charge in [-0.1, -0.05) is 0 Å². The summed E-state index contributed by atoms with van der Waals surface area (Å²) >= 11 is 0. The molecule has 1 aromatic rings. The van der Waals surface area contributed by atoms with E-state index >= 15 is 0 Å². The maximum atomic E-state index is 13.0. The first-order chi connectivity index (χ1) is 9.44. The normalized spacial score (nSPS) is 19.0. The van der Waals surface area contributed by atoms with Crippen molar-refractivity contribution in [3.8, 4) is 0 Å². The molecule has 0 aromatic heterocycles. The lowest BCUT2D eigenvalue weighted by Crippen LogP contribution is -2.32. The molecule has 1 aromatic carbocycles. The minimum atomic E-state index is -0.875. The van der Waals surface area contributed by atoms with Crippen molar-refractivity contribution in [3.05, 3.63) is 29.8 Å². The highest BCUT2D eigenvalue weighted by molar-refractivity contribution is 5.92. The molecule has 1 atom stereocenters. The van der Waals surface area contributed by atoms with Gasteiger partial charge in [-0.2, -0.15) is 0 Å². The summed E-state index contributed by atoms with van der Waals surface area (Å²) in [5, 5.41) is 11.2. The molecule has 0 saturated carbocycles. The minimum Gasteiger partial charge on any atom is -0.481 e. The van der Waals surface area contributed by atoms with E-state index in [9.17, 15) is 18.4 Å². The van der Waals surface area contributed by atoms with Crippen LogP contribution in [0, 0.1) is 17.6 Å². The first kappa shape index (κ1) is 14.4. The zero-order valence-electron chi connectivity index (χ0n) is 10.6. The highest BCUT2D eigenvalue weighted by atomic mass is 19.1. The van der Waals surface area contributed by atoms with Crippen LogP contribution in [0.3, 0.4) is 0 Å². The average Bonchev–Trinajstić information content (AvgIpc) is 2.75. The number of aliphatic carboxylic acids is 1. The molecule has 2 rings (SSSR count). The number of likely N-dealkylation sites (tertiary alicyclic amines) is 1. The second-order valence-electron chi connectivity index (χ2n) is 4.77. The summed E-state index contributed by atoms with van der Waals surface area (Å²) in [6.45, 7) is 0.823. The Morgan fingerprint density at radius 3 is 2.50 bits per heavy atom. The summed E-state index contributed by atoms with van der Waals surface area (Å²) in [7, 11) is 0. The Morgan fingerprint density at radius 2 is 1.95 bits per heavy atom. The molecule has 108 valence electrons. The van der Waals surface area contributed by atoms with E-state index in [2.05, 4.69) is 5.32 Å². The molecule has 0 bridgehead atoms. The quantitative estimate of drug-likeness (QED) is 0.874. The molecular formula is C13H14F2N2O3. The van der Waals surface area contributed by atoms with E-state index in [1.807, 2.05) is 0 Å². The van der Waals surface area contributed by atoms with Crippen molar-refractivity contribution in [3.63, 3.8) is 0 Å². The van der Waals surface area contributed by atoms with Gasteiger partial charge in [-0.3, -0.25) is 14.5 Å². The minimum absolute atomic E-state index is 0.00190. The second-order valence-corrected chi connectivity index (χ2v) is 4.77. The van der Waals surface area contributed by atoms with E-state index in [1.54, 1.807) is 4.90 Å². The maximum absolute atomic E-state index is 13.0. The lowest BCUT2D eigenvalue weighted by molar-refractivity contribution is -0.141. The van der Waals surface area contributed by atoms with E-state index in [4.69, 9.17) is 5.11 Å². The summed E-state index contributed by atoms with van der Waals surface area (Å²) in [6.07, 6.45) is 0.497. The lowest BCUT2D eigenvalue weighted by atomic mass is 10.1. The monoisotopic (exact) mass is 284 g/mol. The molecule has 5 nitrogen and oxygen atoms in total. The number of carbonyl (C=O) groups excluding carboxylic acids is 1. The fourth-order valence-electron chi connectivity index (χ4n) is 2.21. The smallest absolute Gasteiger partial charge is 0.307 e. The number of carboxylic acid groups (broad SMARTS) is 1. The first-order valence-electron chi connectivity index (χ1n) is 6.15. The molecule has 0 spiro atoms. The average molecular weight is 284 g/mol. The predicted octanol–water partition coefficient (Wildman–Crippen LogP) is 1.31. The number of benzene rings is 1. The van der Waals surface area contributed by atoms with Gasteiger partial charge in [-0.05, 0) is 25.1 Å². The van der Waals surface area contributed by atoms with Crippen LogP contribution in [0.2, 0.25) is 0 Å².